The van der Waals surface area contributed by atoms with Crippen LogP contribution in [-0.2, 0) is 0 Å². The van der Waals surface area contributed by atoms with E-state index < -0.39 is 0 Å². The first-order chi connectivity index (χ1) is 8.00. The lowest BCUT2D eigenvalue weighted by atomic mass is 10.0. The third-order valence-electron chi connectivity index (χ3n) is 2.99. The maximum atomic E-state index is 3.41. The van der Waals surface area contributed by atoms with Crippen molar-refractivity contribution in [2.45, 2.75) is 34.6 Å². The van der Waals surface area contributed by atoms with Crippen molar-refractivity contribution in [3.63, 3.8) is 0 Å². The van der Waals surface area contributed by atoms with E-state index in [0.717, 1.165) is 13.1 Å². The molecule has 0 saturated carbocycles. The van der Waals surface area contributed by atoms with Gasteiger partial charge in [0.2, 0.25) is 0 Å². The quantitative estimate of drug-likeness (QED) is 0.759. The van der Waals surface area contributed by atoms with Gasteiger partial charge in [0.05, 0.1) is 0 Å². The average Bonchev–Trinajstić information content (AvgIpc) is 2.24. The summed E-state index contributed by atoms with van der Waals surface area (Å²) in [7, 11) is 0. The Labute approximate surface area is 106 Å². The van der Waals surface area contributed by atoms with Crippen LogP contribution in [0.1, 0.15) is 36.1 Å². The van der Waals surface area contributed by atoms with Crippen molar-refractivity contribution in [1.29, 1.82) is 0 Å². The first-order valence-electron chi connectivity index (χ1n) is 6.46. The van der Waals surface area contributed by atoms with Gasteiger partial charge in [-0.05, 0) is 55.5 Å². The molecule has 94 valence electrons. The summed E-state index contributed by atoms with van der Waals surface area (Å²) in [5, 5.41) is 3.41. The summed E-state index contributed by atoms with van der Waals surface area (Å²) in [6.07, 6.45) is 4.43. The van der Waals surface area contributed by atoms with E-state index in [1.807, 2.05) is 0 Å². The Balaban J connectivity index is 2.56. The SMILES string of the molecule is Cc1cc(C)c(C=CCNCC(C)C)cc1C. The van der Waals surface area contributed by atoms with Crippen LogP contribution in [0.2, 0.25) is 0 Å². The lowest BCUT2D eigenvalue weighted by molar-refractivity contribution is 0.577. The minimum atomic E-state index is 0.715. The molecular formula is C16H25N. The smallest absolute Gasteiger partial charge is 0.0138 e. The third-order valence-corrected chi connectivity index (χ3v) is 2.99. The average molecular weight is 231 g/mol. The molecule has 0 atom stereocenters. The highest BCUT2D eigenvalue weighted by atomic mass is 14.8. The van der Waals surface area contributed by atoms with E-state index in [9.17, 15) is 0 Å². The predicted molar refractivity (Wildman–Crippen MR) is 77.4 cm³/mol. The minimum Gasteiger partial charge on any atom is -0.313 e. The summed E-state index contributed by atoms with van der Waals surface area (Å²) in [6.45, 7) is 13.0. The lowest BCUT2D eigenvalue weighted by Crippen LogP contribution is -2.19. The van der Waals surface area contributed by atoms with Crippen molar-refractivity contribution < 1.29 is 0 Å². The van der Waals surface area contributed by atoms with Gasteiger partial charge >= 0.3 is 0 Å². The fourth-order valence-electron chi connectivity index (χ4n) is 1.80. The summed E-state index contributed by atoms with van der Waals surface area (Å²) < 4.78 is 0. The van der Waals surface area contributed by atoms with E-state index in [-0.39, 0.29) is 0 Å². The first-order valence-corrected chi connectivity index (χ1v) is 6.46. The molecule has 0 fully saturated rings. The van der Waals surface area contributed by atoms with E-state index in [0.29, 0.717) is 5.92 Å². The molecule has 1 heteroatoms. The Morgan fingerprint density at radius 1 is 1.06 bits per heavy atom. The Morgan fingerprint density at radius 3 is 2.35 bits per heavy atom. The Hall–Kier alpha value is -1.08. The molecule has 0 bridgehead atoms. The molecule has 0 saturated heterocycles. The fraction of sp³-hybridized carbons (Fsp3) is 0.500. The monoisotopic (exact) mass is 231 g/mol. The van der Waals surface area contributed by atoms with Gasteiger partial charge in [-0.25, -0.2) is 0 Å². The second kappa shape index (κ2) is 6.61. The van der Waals surface area contributed by atoms with Crippen LogP contribution in [0, 0.1) is 26.7 Å². The van der Waals surface area contributed by atoms with Crippen LogP contribution in [0.25, 0.3) is 6.08 Å². The van der Waals surface area contributed by atoms with E-state index in [1.165, 1.54) is 22.3 Å². The zero-order valence-corrected chi connectivity index (χ0v) is 11.8. The molecule has 17 heavy (non-hydrogen) atoms. The van der Waals surface area contributed by atoms with Crippen molar-refractivity contribution in [3.05, 3.63) is 40.5 Å². The summed E-state index contributed by atoms with van der Waals surface area (Å²) in [5.74, 6) is 0.715. The highest BCUT2D eigenvalue weighted by molar-refractivity contribution is 5.56. The molecule has 1 aromatic carbocycles. The predicted octanol–water partition coefficient (Wildman–Crippen LogP) is 3.87. The molecule has 0 amide bonds. The van der Waals surface area contributed by atoms with Crippen LogP contribution < -0.4 is 5.32 Å². The summed E-state index contributed by atoms with van der Waals surface area (Å²) in [4.78, 5) is 0. The van der Waals surface area contributed by atoms with E-state index in [4.69, 9.17) is 0 Å². The summed E-state index contributed by atoms with van der Waals surface area (Å²) in [6, 6.07) is 4.53. The molecule has 1 aromatic rings. The molecule has 0 spiro atoms. The highest BCUT2D eigenvalue weighted by Gasteiger charge is 1.98. The zero-order valence-electron chi connectivity index (χ0n) is 11.8. The van der Waals surface area contributed by atoms with Crippen molar-refractivity contribution in [1.82, 2.24) is 5.32 Å². The second-order valence-electron chi connectivity index (χ2n) is 5.25. The number of rotatable bonds is 5. The van der Waals surface area contributed by atoms with Crippen molar-refractivity contribution in [2.24, 2.45) is 5.92 Å². The Kier molecular flexibility index (Phi) is 5.43. The molecule has 0 radical (unpaired) electrons. The topological polar surface area (TPSA) is 12.0 Å². The number of hydrogen-bond acceptors (Lipinski definition) is 1. The molecule has 1 nitrogen and oxygen atoms in total. The molecule has 1 rings (SSSR count). The van der Waals surface area contributed by atoms with E-state index in [1.54, 1.807) is 0 Å². The molecule has 0 aromatic heterocycles. The van der Waals surface area contributed by atoms with Crippen LogP contribution in [0.15, 0.2) is 18.2 Å². The lowest BCUT2D eigenvalue weighted by Gasteiger charge is -2.07. The molecule has 0 unspecified atom stereocenters. The summed E-state index contributed by atoms with van der Waals surface area (Å²) in [5.41, 5.74) is 5.43. The molecule has 1 N–H and O–H groups in total. The van der Waals surface area contributed by atoms with Crippen LogP contribution in [0.4, 0.5) is 0 Å². The van der Waals surface area contributed by atoms with Gasteiger partial charge < -0.3 is 5.32 Å². The minimum absolute atomic E-state index is 0.715. The highest BCUT2D eigenvalue weighted by Crippen LogP contribution is 2.16. The van der Waals surface area contributed by atoms with Crippen molar-refractivity contribution >= 4 is 6.08 Å². The van der Waals surface area contributed by atoms with Gasteiger partial charge in [0.15, 0.2) is 0 Å². The zero-order chi connectivity index (χ0) is 12.8. The number of hydrogen-bond donors (Lipinski definition) is 1. The van der Waals surface area contributed by atoms with Gasteiger partial charge in [0.25, 0.3) is 0 Å². The number of aryl methyl sites for hydroxylation is 3. The second-order valence-corrected chi connectivity index (χ2v) is 5.25. The van der Waals surface area contributed by atoms with Crippen LogP contribution in [0.5, 0.6) is 0 Å². The number of benzene rings is 1. The van der Waals surface area contributed by atoms with Gasteiger partial charge in [-0.1, -0.05) is 38.1 Å². The van der Waals surface area contributed by atoms with E-state index >= 15 is 0 Å². The fourth-order valence-corrected chi connectivity index (χ4v) is 1.80. The maximum Gasteiger partial charge on any atom is 0.0138 e. The van der Waals surface area contributed by atoms with Crippen LogP contribution in [-0.4, -0.2) is 13.1 Å². The standard InChI is InChI=1S/C16H25N/c1-12(2)11-17-8-6-7-16-10-14(4)13(3)9-15(16)5/h6-7,9-10,12,17H,8,11H2,1-5H3. The Morgan fingerprint density at radius 2 is 1.71 bits per heavy atom. The third kappa shape index (κ3) is 4.74. The van der Waals surface area contributed by atoms with E-state index in [2.05, 4.69) is 64.2 Å². The van der Waals surface area contributed by atoms with Gasteiger partial charge in [0.1, 0.15) is 0 Å². The molecule has 0 aliphatic carbocycles. The molecule has 0 aliphatic rings. The normalized spacial score (nSPS) is 11.6. The Bertz CT molecular complexity index is 389. The van der Waals surface area contributed by atoms with Crippen LogP contribution >= 0.6 is 0 Å². The van der Waals surface area contributed by atoms with Gasteiger partial charge in [-0.15, -0.1) is 0 Å². The molecule has 0 heterocycles. The molecule has 0 aliphatic heterocycles. The van der Waals surface area contributed by atoms with Crippen molar-refractivity contribution in [3.8, 4) is 0 Å². The number of nitrogens with one attached hydrogen (secondary N) is 1. The van der Waals surface area contributed by atoms with Crippen LogP contribution in [0.3, 0.4) is 0 Å². The summed E-state index contributed by atoms with van der Waals surface area (Å²) >= 11 is 0. The largest absolute Gasteiger partial charge is 0.313 e. The van der Waals surface area contributed by atoms with Gasteiger partial charge in [-0.2, -0.15) is 0 Å². The maximum absolute atomic E-state index is 3.41. The first kappa shape index (κ1) is 14.0. The van der Waals surface area contributed by atoms with Gasteiger partial charge in [0, 0.05) is 6.54 Å². The van der Waals surface area contributed by atoms with Crippen molar-refractivity contribution in [2.75, 3.05) is 13.1 Å². The molecular weight excluding hydrogens is 206 g/mol. The van der Waals surface area contributed by atoms with Gasteiger partial charge in [-0.3, -0.25) is 0 Å².